The molecule has 3 nitrogen and oxygen atoms in total. The van der Waals surface area contributed by atoms with Crippen LogP contribution in [0.5, 0.6) is 0 Å². The van der Waals surface area contributed by atoms with Crippen molar-refractivity contribution < 1.29 is 4.79 Å². The van der Waals surface area contributed by atoms with Crippen molar-refractivity contribution in [2.24, 2.45) is 0 Å². The van der Waals surface area contributed by atoms with E-state index in [9.17, 15) is 4.79 Å². The predicted molar refractivity (Wildman–Crippen MR) is 89.8 cm³/mol. The van der Waals surface area contributed by atoms with Crippen LogP contribution >= 0.6 is 11.3 Å². The summed E-state index contributed by atoms with van der Waals surface area (Å²) in [7, 11) is 0. The van der Waals surface area contributed by atoms with Crippen LogP contribution in [0, 0.1) is 6.92 Å². The molecule has 0 aliphatic rings. The first-order valence-electron chi connectivity index (χ1n) is 7.18. The molecule has 1 heterocycles. The van der Waals surface area contributed by atoms with Gasteiger partial charge in [0.25, 0.3) is 0 Å². The molecule has 0 bridgehead atoms. The van der Waals surface area contributed by atoms with E-state index in [0.717, 1.165) is 5.69 Å². The maximum absolute atomic E-state index is 12.1. The van der Waals surface area contributed by atoms with E-state index < -0.39 is 0 Å². The second-order valence-corrected chi connectivity index (χ2v) is 6.45. The van der Waals surface area contributed by atoms with E-state index in [1.807, 2.05) is 17.5 Å². The molecule has 0 aliphatic carbocycles. The normalized spacial score (nSPS) is 10.7. The molecule has 1 aromatic carbocycles. The number of carbonyl (C=O) groups excluding carboxylic acids is 1. The zero-order chi connectivity index (χ0) is 15.2. The van der Waals surface area contributed by atoms with E-state index >= 15 is 0 Å². The van der Waals surface area contributed by atoms with E-state index in [-0.39, 0.29) is 11.9 Å². The lowest BCUT2D eigenvalue weighted by atomic mass is 10.2. The summed E-state index contributed by atoms with van der Waals surface area (Å²) in [5.74, 6) is 0.0534. The summed E-state index contributed by atoms with van der Waals surface area (Å²) in [6.07, 6.45) is 0. The van der Waals surface area contributed by atoms with Crippen molar-refractivity contribution in [3.05, 3.63) is 52.2 Å². The maximum atomic E-state index is 12.1. The van der Waals surface area contributed by atoms with E-state index in [1.54, 1.807) is 11.3 Å². The summed E-state index contributed by atoms with van der Waals surface area (Å²) in [5.41, 5.74) is 2.31. The molecule has 0 saturated heterocycles. The lowest BCUT2D eigenvalue weighted by Crippen LogP contribution is -2.40. The van der Waals surface area contributed by atoms with Gasteiger partial charge in [-0.3, -0.25) is 4.79 Å². The average molecular weight is 302 g/mol. The van der Waals surface area contributed by atoms with Gasteiger partial charge in [-0.2, -0.15) is 0 Å². The minimum atomic E-state index is 0.0534. The van der Waals surface area contributed by atoms with Gasteiger partial charge in [-0.1, -0.05) is 23.8 Å². The van der Waals surface area contributed by atoms with E-state index in [2.05, 4.69) is 55.3 Å². The van der Waals surface area contributed by atoms with Crippen LogP contribution in [-0.4, -0.2) is 18.5 Å². The first-order chi connectivity index (χ1) is 10.1. The zero-order valence-electron chi connectivity index (χ0n) is 12.8. The summed E-state index contributed by atoms with van der Waals surface area (Å²) in [5, 5.41) is 5.00. The third kappa shape index (κ3) is 4.60. The fourth-order valence-corrected chi connectivity index (χ4v) is 2.76. The Balaban J connectivity index is 1.96. The third-order valence-corrected chi connectivity index (χ3v) is 4.22. The molecule has 0 radical (unpaired) electrons. The number of nitrogens with one attached hydrogen (secondary N) is 1. The standard InChI is InChI=1S/C17H22N2OS/c1-13(2)19(15-8-6-14(3)7-9-15)12-17(20)18-11-16-5-4-10-21-16/h4-10,13H,11-12H2,1-3H3,(H,18,20). The Bertz CT molecular complexity index is 561. The van der Waals surface area contributed by atoms with Crippen LogP contribution in [0.1, 0.15) is 24.3 Å². The second kappa shape index (κ2) is 7.27. The smallest absolute Gasteiger partial charge is 0.239 e. The molecule has 1 N–H and O–H groups in total. The first kappa shape index (κ1) is 15.6. The molecule has 0 fully saturated rings. The molecular formula is C17H22N2OS. The molecule has 0 aliphatic heterocycles. The molecule has 2 rings (SSSR count). The monoisotopic (exact) mass is 302 g/mol. The lowest BCUT2D eigenvalue weighted by molar-refractivity contribution is -0.120. The van der Waals surface area contributed by atoms with Gasteiger partial charge in [0.05, 0.1) is 13.1 Å². The molecule has 2 aromatic rings. The van der Waals surface area contributed by atoms with Gasteiger partial charge in [0, 0.05) is 16.6 Å². The van der Waals surface area contributed by atoms with Crippen molar-refractivity contribution in [1.82, 2.24) is 5.32 Å². The predicted octanol–water partition coefficient (Wildman–Crippen LogP) is 3.59. The Kier molecular flexibility index (Phi) is 5.39. The van der Waals surface area contributed by atoms with Crippen molar-refractivity contribution in [2.45, 2.75) is 33.4 Å². The first-order valence-corrected chi connectivity index (χ1v) is 8.06. The summed E-state index contributed by atoms with van der Waals surface area (Å²) in [4.78, 5) is 15.4. The fourth-order valence-electron chi connectivity index (χ4n) is 2.12. The van der Waals surface area contributed by atoms with Crippen molar-refractivity contribution in [1.29, 1.82) is 0 Å². The molecule has 0 atom stereocenters. The van der Waals surface area contributed by atoms with Gasteiger partial charge < -0.3 is 10.2 Å². The number of thiophene rings is 1. The largest absolute Gasteiger partial charge is 0.360 e. The quantitative estimate of drug-likeness (QED) is 0.884. The summed E-state index contributed by atoms with van der Waals surface area (Å²) in [6, 6.07) is 12.6. The third-order valence-electron chi connectivity index (χ3n) is 3.34. The van der Waals surface area contributed by atoms with Crippen LogP contribution in [0.15, 0.2) is 41.8 Å². The SMILES string of the molecule is Cc1ccc(N(CC(=O)NCc2cccs2)C(C)C)cc1. The molecule has 4 heteroatoms. The zero-order valence-corrected chi connectivity index (χ0v) is 13.6. The van der Waals surface area contributed by atoms with Gasteiger partial charge in [-0.15, -0.1) is 11.3 Å². The number of hydrogen-bond acceptors (Lipinski definition) is 3. The molecule has 21 heavy (non-hydrogen) atoms. The molecular weight excluding hydrogens is 280 g/mol. The van der Waals surface area contributed by atoms with Crippen molar-refractivity contribution >= 4 is 22.9 Å². The summed E-state index contributed by atoms with van der Waals surface area (Å²) >= 11 is 1.66. The molecule has 0 saturated carbocycles. The number of nitrogens with zero attached hydrogens (tertiary/aromatic N) is 1. The van der Waals surface area contributed by atoms with E-state index in [4.69, 9.17) is 0 Å². The van der Waals surface area contributed by atoms with Gasteiger partial charge in [-0.05, 0) is 44.4 Å². The highest BCUT2D eigenvalue weighted by atomic mass is 32.1. The number of benzene rings is 1. The van der Waals surface area contributed by atoms with Crippen LogP contribution in [0.2, 0.25) is 0 Å². The Morgan fingerprint density at radius 2 is 1.95 bits per heavy atom. The van der Waals surface area contributed by atoms with Gasteiger partial charge in [0.2, 0.25) is 5.91 Å². The highest BCUT2D eigenvalue weighted by Gasteiger charge is 2.14. The van der Waals surface area contributed by atoms with Gasteiger partial charge >= 0.3 is 0 Å². The molecule has 1 aromatic heterocycles. The van der Waals surface area contributed by atoms with Crippen LogP contribution < -0.4 is 10.2 Å². The number of anilines is 1. The van der Waals surface area contributed by atoms with E-state index in [0.29, 0.717) is 13.1 Å². The minimum absolute atomic E-state index is 0.0534. The number of carbonyl (C=O) groups is 1. The summed E-state index contributed by atoms with van der Waals surface area (Å²) < 4.78 is 0. The lowest BCUT2D eigenvalue weighted by Gasteiger charge is -2.28. The Morgan fingerprint density at radius 3 is 2.52 bits per heavy atom. The number of rotatable bonds is 6. The van der Waals surface area contributed by atoms with E-state index in [1.165, 1.54) is 10.4 Å². The average Bonchev–Trinajstić information content (AvgIpc) is 2.97. The highest BCUT2D eigenvalue weighted by Crippen LogP contribution is 2.17. The fraction of sp³-hybridized carbons (Fsp3) is 0.353. The van der Waals surface area contributed by atoms with Crippen molar-refractivity contribution in [3.8, 4) is 0 Å². The Morgan fingerprint density at radius 1 is 1.24 bits per heavy atom. The van der Waals surface area contributed by atoms with Crippen LogP contribution in [0.4, 0.5) is 5.69 Å². The Labute approximate surface area is 130 Å². The Hall–Kier alpha value is -1.81. The molecule has 0 spiro atoms. The van der Waals surface area contributed by atoms with Crippen LogP contribution in [0.25, 0.3) is 0 Å². The maximum Gasteiger partial charge on any atom is 0.239 e. The van der Waals surface area contributed by atoms with Gasteiger partial charge in [-0.25, -0.2) is 0 Å². The second-order valence-electron chi connectivity index (χ2n) is 5.41. The number of amides is 1. The van der Waals surface area contributed by atoms with Crippen molar-refractivity contribution in [3.63, 3.8) is 0 Å². The molecule has 1 amide bonds. The number of hydrogen-bond donors (Lipinski definition) is 1. The summed E-state index contributed by atoms with van der Waals surface area (Å²) in [6.45, 7) is 7.26. The minimum Gasteiger partial charge on any atom is -0.360 e. The topological polar surface area (TPSA) is 32.3 Å². The molecule has 112 valence electrons. The number of aryl methyl sites for hydroxylation is 1. The highest BCUT2D eigenvalue weighted by molar-refractivity contribution is 7.09. The van der Waals surface area contributed by atoms with Crippen molar-refractivity contribution in [2.75, 3.05) is 11.4 Å². The van der Waals surface area contributed by atoms with Gasteiger partial charge in [0.1, 0.15) is 0 Å². The van der Waals surface area contributed by atoms with Crippen LogP contribution in [0.3, 0.4) is 0 Å². The van der Waals surface area contributed by atoms with Gasteiger partial charge in [0.15, 0.2) is 0 Å². The van der Waals surface area contributed by atoms with Crippen LogP contribution in [-0.2, 0) is 11.3 Å². The molecule has 0 unspecified atom stereocenters.